The molecule has 0 aromatic heterocycles. The first-order chi connectivity index (χ1) is 10.1. The summed E-state index contributed by atoms with van der Waals surface area (Å²) in [7, 11) is 1.54. The summed E-state index contributed by atoms with van der Waals surface area (Å²) in [6.07, 6.45) is -0.575. The molecular weight excluding hydrogens is 270 g/mol. The number of carbonyl (C=O) groups excluding carboxylic acids is 2. The number of piperazine rings is 1. The van der Waals surface area contributed by atoms with Gasteiger partial charge in [0.05, 0.1) is 6.54 Å². The Balaban J connectivity index is 1.96. The van der Waals surface area contributed by atoms with Gasteiger partial charge in [-0.25, -0.2) is 0 Å². The van der Waals surface area contributed by atoms with Crippen LogP contribution in [0.1, 0.15) is 11.7 Å². The van der Waals surface area contributed by atoms with Gasteiger partial charge in [-0.3, -0.25) is 14.5 Å². The average molecular weight is 291 g/mol. The SMILES string of the molecule is CO[C@@H](C(=O)N1CCN(CC(N)=O)CC1)c1ccccc1. The first-order valence-corrected chi connectivity index (χ1v) is 6.99. The van der Waals surface area contributed by atoms with E-state index in [1.807, 2.05) is 35.2 Å². The summed E-state index contributed by atoms with van der Waals surface area (Å²) in [5.41, 5.74) is 6.03. The van der Waals surface area contributed by atoms with E-state index in [4.69, 9.17) is 10.5 Å². The summed E-state index contributed by atoms with van der Waals surface area (Å²) in [5, 5.41) is 0. The van der Waals surface area contributed by atoms with Gasteiger partial charge in [-0.05, 0) is 5.56 Å². The lowest BCUT2D eigenvalue weighted by molar-refractivity contribution is -0.144. The molecule has 2 rings (SSSR count). The van der Waals surface area contributed by atoms with Gasteiger partial charge in [0, 0.05) is 33.3 Å². The summed E-state index contributed by atoms with van der Waals surface area (Å²) in [4.78, 5) is 27.2. The third-order valence-corrected chi connectivity index (χ3v) is 3.63. The predicted octanol–water partition coefficient (Wildman–Crippen LogP) is 0.00360. The third kappa shape index (κ3) is 4.03. The normalized spacial score (nSPS) is 17.5. The lowest BCUT2D eigenvalue weighted by Gasteiger charge is -2.35. The smallest absolute Gasteiger partial charge is 0.256 e. The molecule has 6 heteroatoms. The van der Waals surface area contributed by atoms with Crippen molar-refractivity contribution >= 4 is 11.8 Å². The van der Waals surface area contributed by atoms with Crippen molar-refractivity contribution in [3.8, 4) is 0 Å². The Morgan fingerprint density at radius 3 is 2.33 bits per heavy atom. The molecule has 6 nitrogen and oxygen atoms in total. The highest BCUT2D eigenvalue weighted by molar-refractivity contribution is 5.82. The number of methoxy groups -OCH3 is 1. The first-order valence-electron chi connectivity index (χ1n) is 6.99. The molecule has 1 heterocycles. The van der Waals surface area contributed by atoms with Gasteiger partial charge in [0.1, 0.15) is 0 Å². The van der Waals surface area contributed by atoms with Crippen LogP contribution in [0.3, 0.4) is 0 Å². The molecule has 1 aromatic carbocycles. The van der Waals surface area contributed by atoms with Gasteiger partial charge in [0.25, 0.3) is 5.91 Å². The number of carbonyl (C=O) groups is 2. The maximum atomic E-state index is 12.5. The topological polar surface area (TPSA) is 75.9 Å². The van der Waals surface area contributed by atoms with Crippen LogP contribution in [-0.2, 0) is 14.3 Å². The van der Waals surface area contributed by atoms with E-state index in [9.17, 15) is 9.59 Å². The molecule has 0 radical (unpaired) electrons. The van der Waals surface area contributed by atoms with Gasteiger partial charge in [-0.2, -0.15) is 0 Å². The fourth-order valence-electron chi connectivity index (χ4n) is 2.52. The molecule has 1 aromatic rings. The first kappa shape index (κ1) is 15.5. The Hall–Kier alpha value is -1.92. The Kier molecular flexibility index (Phi) is 5.30. The highest BCUT2D eigenvalue weighted by Gasteiger charge is 2.28. The minimum Gasteiger partial charge on any atom is -0.369 e. The number of nitrogens with zero attached hydrogens (tertiary/aromatic N) is 2. The Morgan fingerprint density at radius 2 is 1.81 bits per heavy atom. The number of hydrogen-bond donors (Lipinski definition) is 1. The summed E-state index contributed by atoms with van der Waals surface area (Å²) >= 11 is 0. The van der Waals surface area contributed by atoms with Crippen LogP contribution in [0, 0.1) is 0 Å². The molecule has 0 bridgehead atoms. The molecule has 1 saturated heterocycles. The van der Waals surface area contributed by atoms with Crippen molar-refractivity contribution in [2.75, 3.05) is 39.8 Å². The van der Waals surface area contributed by atoms with Gasteiger partial charge in [-0.1, -0.05) is 30.3 Å². The van der Waals surface area contributed by atoms with Crippen molar-refractivity contribution < 1.29 is 14.3 Å². The van der Waals surface area contributed by atoms with Gasteiger partial charge in [0.15, 0.2) is 6.10 Å². The van der Waals surface area contributed by atoms with Gasteiger partial charge >= 0.3 is 0 Å². The Bertz CT molecular complexity index is 484. The van der Waals surface area contributed by atoms with Crippen LogP contribution >= 0.6 is 0 Å². The molecular formula is C15H21N3O3. The molecule has 21 heavy (non-hydrogen) atoms. The summed E-state index contributed by atoms with van der Waals surface area (Å²) < 4.78 is 5.36. The number of rotatable bonds is 5. The van der Waals surface area contributed by atoms with Crippen LogP contribution in [0.4, 0.5) is 0 Å². The largest absolute Gasteiger partial charge is 0.369 e. The maximum Gasteiger partial charge on any atom is 0.256 e. The summed E-state index contributed by atoms with van der Waals surface area (Å²) in [6.45, 7) is 2.71. The molecule has 114 valence electrons. The Labute approximate surface area is 124 Å². The highest BCUT2D eigenvalue weighted by atomic mass is 16.5. The standard InChI is InChI=1S/C15H21N3O3/c1-21-14(12-5-3-2-4-6-12)15(20)18-9-7-17(8-10-18)11-13(16)19/h2-6,14H,7-11H2,1H3,(H2,16,19)/t14-/m1/s1. The van der Waals surface area contributed by atoms with Gasteiger partial charge in [-0.15, -0.1) is 0 Å². The van der Waals surface area contributed by atoms with Crippen LogP contribution in [0.15, 0.2) is 30.3 Å². The van der Waals surface area contributed by atoms with E-state index in [1.54, 1.807) is 12.0 Å². The zero-order chi connectivity index (χ0) is 15.2. The number of benzene rings is 1. The van der Waals surface area contributed by atoms with Crippen molar-refractivity contribution in [1.82, 2.24) is 9.80 Å². The summed E-state index contributed by atoms with van der Waals surface area (Å²) in [6, 6.07) is 9.45. The number of nitrogens with two attached hydrogens (primary N) is 1. The number of amides is 2. The van der Waals surface area contributed by atoms with E-state index in [-0.39, 0.29) is 18.4 Å². The molecule has 2 amide bonds. The highest BCUT2D eigenvalue weighted by Crippen LogP contribution is 2.20. The minimum absolute atomic E-state index is 0.0394. The molecule has 1 aliphatic rings. The molecule has 0 saturated carbocycles. The molecule has 2 N–H and O–H groups in total. The molecule has 1 aliphatic heterocycles. The second kappa shape index (κ2) is 7.19. The monoisotopic (exact) mass is 291 g/mol. The average Bonchev–Trinajstić information content (AvgIpc) is 2.49. The predicted molar refractivity (Wildman–Crippen MR) is 78.4 cm³/mol. The van der Waals surface area contributed by atoms with Crippen LogP contribution in [-0.4, -0.2) is 61.4 Å². The van der Waals surface area contributed by atoms with Crippen LogP contribution in [0.5, 0.6) is 0 Å². The van der Waals surface area contributed by atoms with E-state index >= 15 is 0 Å². The second-order valence-electron chi connectivity index (χ2n) is 5.09. The molecule has 0 unspecified atom stereocenters. The molecule has 0 aliphatic carbocycles. The maximum absolute atomic E-state index is 12.5. The molecule has 1 atom stereocenters. The third-order valence-electron chi connectivity index (χ3n) is 3.63. The quantitative estimate of drug-likeness (QED) is 0.829. The lowest BCUT2D eigenvalue weighted by Crippen LogP contribution is -2.51. The van der Waals surface area contributed by atoms with Crippen molar-refractivity contribution in [3.63, 3.8) is 0 Å². The number of hydrogen-bond acceptors (Lipinski definition) is 4. The fraction of sp³-hybridized carbons (Fsp3) is 0.467. The zero-order valence-electron chi connectivity index (χ0n) is 12.2. The van der Waals surface area contributed by atoms with Crippen molar-refractivity contribution in [2.24, 2.45) is 5.73 Å². The van der Waals surface area contributed by atoms with Gasteiger partial charge < -0.3 is 15.4 Å². The van der Waals surface area contributed by atoms with Crippen LogP contribution in [0.25, 0.3) is 0 Å². The van der Waals surface area contributed by atoms with Crippen LogP contribution < -0.4 is 5.73 Å². The summed E-state index contributed by atoms with van der Waals surface area (Å²) in [5.74, 6) is -0.378. The van der Waals surface area contributed by atoms with Crippen molar-refractivity contribution in [1.29, 1.82) is 0 Å². The van der Waals surface area contributed by atoms with Gasteiger partial charge in [0.2, 0.25) is 5.91 Å². The number of ether oxygens (including phenoxy) is 1. The van der Waals surface area contributed by atoms with E-state index < -0.39 is 6.10 Å². The molecule has 0 spiro atoms. The van der Waals surface area contributed by atoms with E-state index in [0.717, 1.165) is 5.56 Å². The van der Waals surface area contributed by atoms with Crippen LogP contribution in [0.2, 0.25) is 0 Å². The lowest BCUT2D eigenvalue weighted by atomic mass is 10.1. The fourth-order valence-corrected chi connectivity index (χ4v) is 2.52. The van der Waals surface area contributed by atoms with E-state index in [1.165, 1.54) is 0 Å². The Morgan fingerprint density at radius 1 is 1.19 bits per heavy atom. The zero-order valence-corrected chi connectivity index (χ0v) is 12.2. The van der Waals surface area contributed by atoms with E-state index in [2.05, 4.69) is 0 Å². The van der Waals surface area contributed by atoms with Crippen molar-refractivity contribution in [2.45, 2.75) is 6.10 Å². The molecule has 1 fully saturated rings. The number of primary amides is 1. The van der Waals surface area contributed by atoms with E-state index in [0.29, 0.717) is 26.2 Å². The van der Waals surface area contributed by atoms with Crippen molar-refractivity contribution in [3.05, 3.63) is 35.9 Å². The second-order valence-corrected chi connectivity index (χ2v) is 5.09. The minimum atomic E-state index is -0.575.